The number of hydrogen-bond donors (Lipinski definition) is 1. The van der Waals surface area contributed by atoms with E-state index in [0.717, 1.165) is 37.2 Å². The number of nitriles is 1. The van der Waals surface area contributed by atoms with Crippen molar-refractivity contribution >= 4 is 0 Å². The number of nitrogens with zero attached hydrogens (tertiary/aromatic N) is 1. The molecular formula is C13H16N2O. The summed E-state index contributed by atoms with van der Waals surface area (Å²) in [5, 5.41) is 8.53. The molecule has 2 rings (SSSR count). The second-order valence-electron chi connectivity index (χ2n) is 4.12. The Bertz CT molecular complexity index is 409. The summed E-state index contributed by atoms with van der Waals surface area (Å²) >= 11 is 0. The third-order valence-electron chi connectivity index (χ3n) is 2.93. The summed E-state index contributed by atoms with van der Waals surface area (Å²) in [5.41, 5.74) is 8.38. The molecule has 0 amide bonds. The van der Waals surface area contributed by atoms with Gasteiger partial charge in [-0.1, -0.05) is 12.1 Å². The number of ether oxygens (including phenoxy) is 1. The molecule has 0 bridgehead atoms. The number of aryl methyl sites for hydroxylation is 1. The zero-order valence-corrected chi connectivity index (χ0v) is 9.28. The van der Waals surface area contributed by atoms with E-state index in [1.807, 2.05) is 12.1 Å². The lowest BCUT2D eigenvalue weighted by atomic mass is 9.97. The molecule has 1 aromatic carbocycles. The van der Waals surface area contributed by atoms with Gasteiger partial charge in [0.2, 0.25) is 0 Å². The lowest BCUT2D eigenvalue weighted by molar-refractivity contribution is 0.288. The average Bonchev–Trinajstić information content (AvgIpc) is 2.35. The van der Waals surface area contributed by atoms with Gasteiger partial charge >= 0.3 is 0 Å². The molecule has 3 nitrogen and oxygen atoms in total. The molecule has 0 aromatic heterocycles. The zero-order valence-electron chi connectivity index (χ0n) is 9.28. The molecule has 1 heterocycles. The van der Waals surface area contributed by atoms with Crippen LogP contribution in [0.25, 0.3) is 0 Å². The number of fused-ring (bicyclic) bond motifs is 1. The van der Waals surface area contributed by atoms with Gasteiger partial charge in [0.15, 0.2) is 0 Å². The van der Waals surface area contributed by atoms with Gasteiger partial charge in [-0.2, -0.15) is 5.26 Å². The number of rotatable bonds is 3. The summed E-state index contributed by atoms with van der Waals surface area (Å²) in [6, 6.07) is 8.21. The monoisotopic (exact) mass is 216 g/mol. The van der Waals surface area contributed by atoms with Crippen LogP contribution < -0.4 is 10.5 Å². The van der Waals surface area contributed by atoms with Crippen LogP contribution in [-0.4, -0.2) is 6.61 Å². The molecule has 84 valence electrons. The predicted molar refractivity (Wildman–Crippen MR) is 62.0 cm³/mol. The summed E-state index contributed by atoms with van der Waals surface area (Å²) in [6.07, 6.45) is 3.36. The number of hydrogen-bond acceptors (Lipinski definition) is 3. The van der Waals surface area contributed by atoms with Crippen molar-refractivity contribution in [3.8, 4) is 11.8 Å². The summed E-state index contributed by atoms with van der Waals surface area (Å²) < 4.78 is 5.55. The summed E-state index contributed by atoms with van der Waals surface area (Å²) in [4.78, 5) is 0. The molecule has 2 N–H and O–H groups in total. The SMILES string of the molecule is N#CCCC(N)c1ccc2c(c1)CCCO2. The number of benzene rings is 1. The first-order chi connectivity index (χ1) is 7.81. The minimum Gasteiger partial charge on any atom is -0.493 e. The highest BCUT2D eigenvalue weighted by atomic mass is 16.5. The van der Waals surface area contributed by atoms with E-state index in [-0.39, 0.29) is 6.04 Å². The fourth-order valence-corrected chi connectivity index (χ4v) is 2.00. The van der Waals surface area contributed by atoms with Gasteiger partial charge in [0.05, 0.1) is 12.7 Å². The molecule has 1 atom stereocenters. The Kier molecular flexibility index (Phi) is 3.43. The normalized spacial score (nSPS) is 15.8. The molecule has 0 spiro atoms. The van der Waals surface area contributed by atoms with Crippen LogP contribution >= 0.6 is 0 Å². The van der Waals surface area contributed by atoms with Gasteiger partial charge in [0.1, 0.15) is 5.75 Å². The topological polar surface area (TPSA) is 59.0 Å². The smallest absolute Gasteiger partial charge is 0.122 e. The molecule has 0 saturated heterocycles. The molecule has 1 aliphatic rings. The Morgan fingerprint density at radius 1 is 1.50 bits per heavy atom. The van der Waals surface area contributed by atoms with E-state index in [1.54, 1.807) is 0 Å². The van der Waals surface area contributed by atoms with E-state index >= 15 is 0 Å². The summed E-state index contributed by atoms with van der Waals surface area (Å²) in [5.74, 6) is 0.988. The minimum absolute atomic E-state index is 0.0353. The van der Waals surface area contributed by atoms with Crippen molar-refractivity contribution in [3.63, 3.8) is 0 Å². The van der Waals surface area contributed by atoms with Crippen LogP contribution in [-0.2, 0) is 6.42 Å². The van der Waals surface area contributed by atoms with E-state index in [0.29, 0.717) is 6.42 Å². The van der Waals surface area contributed by atoms with Crippen LogP contribution in [0.5, 0.6) is 5.75 Å². The molecule has 1 unspecified atom stereocenters. The second-order valence-corrected chi connectivity index (χ2v) is 4.12. The molecule has 0 aliphatic carbocycles. The van der Waals surface area contributed by atoms with Crippen LogP contribution in [0, 0.1) is 11.3 Å². The fraction of sp³-hybridized carbons (Fsp3) is 0.462. The van der Waals surface area contributed by atoms with E-state index < -0.39 is 0 Å². The molecule has 0 fully saturated rings. The predicted octanol–water partition coefficient (Wildman–Crippen LogP) is 2.32. The molecule has 16 heavy (non-hydrogen) atoms. The maximum atomic E-state index is 8.53. The van der Waals surface area contributed by atoms with Crippen molar-refractivity contribution in [2.75, 3.05) is 6.61 Å². The Labute approximate surface area is 95.8 Å². The molecule has 1 aliphatic heterocycles. The van der Waals surface area contributed by atoms with Crippen LogP contribution in [0.3, 0.4) is 0 Å². The van der Waals surface area contributed by atoms with Gasteiger partial charge in [-0.25, -0.2) is 0 Å². The van der Waals surface area contributed by atoms with Crippen molar-refractivity contribution in [1.82, 2.24) is 0 Å². The average molecular weight is 216 g/mol. The Balaban J connectivity index is 2.13. The fourth-order valence-electron chi connectivity index (χ4n) is 2.00. The summed E-state index contributed by atoms with van der Waals surface area (Å²) in [7, 11) is 0. The van der Waals surface area contributed by atoms with Crippen molar-refractivity contribution in [3.05, 3.63) is 29.3 Å². The van der Waals surface area contributed by atoms with Gasteiger partial charge < -0.3 is 10.5 Å². The first-order valence-electron chi connectivity index (χ1n) is 5.69. The van der Waals surface area contributed by atoms with Crippen molar-refractivity contribution in [2.45, 2.75) is 31.7 Å². The van der Waals surface area contributed by atoms with Gasteiger partial charge in [-0.3, -0.25) is 0 Å². The Morgan fingerprint density at radius 3 is 3.19 bits per heavy atom. The second kappa shape index (κ2) is 5.00. The molecular weight excluding hydrogens is 200 g/mol. The maximum absolute atomic E-state index is 8.53. The Morgan fingerprint density at radius 2 is 2.38 bits per heavy atom. The first kappa shape index (κ1) is 11.0. The maximum Gasteiger partial charge on any atom is 0.122 e. The van der Waals surface area contributed by atoms with Crippen molar-refractivity contribution in [1.29, 1.82) is 5.26 Å². The first-order valence-corrected chi connectivity index (χ1v) is 5.69. The van der Waals surface area contributed by atoms with Crippen LogP contribution in [0.1, 0.15) is 36.4 Å². The largest absolute Gasteiger partial charge is 0.493 e. The van der Waals surface area contributed by atoms with E-state index in [2.05, 4.69) is 12.1 Å². The van der Waals surface area contributed by atoms with Crippen LogP contribution in [0.15, 0.2) is 18.2 Å². The highest BCUT2D eigenvalue weighted by molar-refractivity contribution is 5.39. The van der Waals surface area contributed by atoms with E-state index in [4.69, 9.17) is 15.7 Å². The molecule has 0 radical (unpaired) electrons. The highest BCUT2D eigenvalue weighted by Gasteiger charge is 2.13. The van der Waals surface area contributed by atoms with Gasteiger partial charge in [-0.05, 0) is 36.5 Å². The zero-order chi connectivity index (χ0) is 11.4. The lowest BCUT2D eigenvalue weighted by Crippen LogP contribution is -2.13. The lowest BCUT2D eigenvalue weighted by Gasteiger charge is -2.19. The third-order valence-corrected chi connectivity index (χ3v) is 2.93. The van der Waals surface area contributed by atoms with Crippen molar-refractivity contribution in [2.24, 2.45) is 5.73 Å². The van der Waals surface area contributed by atoms with Crippen LogP contribution in [0.2, 0.25) is 0 Å². The number of nitrogens with two attached hydrogens (primary N) is 1. The molecule has 1 aromatic rings. The van der Waals surface area contributed by atoms with E-state index in [1.165, 1.54) is 5.56 Å². The molecule has 0 saturated carbocycles. The minimum atomic E-state index is -0.0353. The van der Waals surface area contributed by atoms with Gasteiger partial charge in [0, 0.05) is 12.5 Å². The van der Waals surface area contributed by atoms with Crippen LogP contribution in [0.4, 0.5) is 0 Å². The Hall–Kier alpha value is -1.53. The van der Waals surface area contributed by atoms with Crippen molar-refractivity contribution < 1.29 is 4.74 Å². The summed E-state index contributed by atoms with van der Waals surface area (Å²) in [6.45, 7) is 0.812. The van der Waals surface area contributed by atoms with Gasteiger partial charge in [-0.15, -0.1) is 0 Å². The third kappa shape index (κ3) is 2.34. The molecule has 3 heteroatoms. The highest BCUT2D eigenvalue weighted by Crippen LogP contribution is 2.28. The quantitative estimate of drug-likeness (QED) is 0.843. The van der Waals surface area contributed by atoms with Gasteiger partial charge in [0.25, 0.3) is 0 Å². The standard InChI is InChI=1S/C13H16N2O/c14-7-1-4-12(15)10-5-6-13-11(9-10)3-2-8-16-13/h5-6,9,12H,1-4,8,15H2. The van der Waals surface area contributed by atoms with E-state index in [9.17, 15) is 0 Å².